The van der Waals surface area contributed by atoms with Gasteiger partial charge in [0.15, 0.2) is 0 Å². The van der Waals surface area contributed by atoms with Gasteiger partial charge in [-0.05, 0) is 30.6 Å². The molecule has 2 N–H and O–H groups in total. The Morgan fingerprint density at radius 3 is 2.33 bits per heavy atom. The van der Waals surface area contributed by atoms with Gasteiger partial charge in [0.2, 0.25) is 5.91 Å². The summed E-state index contributed by atoms with van der Waals surface area (Å²) < 4.78 is 37.5. The third-order valence-corrected chi connectivity index (χ3v) is 3.67. The number of carbonyl (C=O) groups is 1. The molecular formula is C15H27F3N2O. The molecule has 1 fully saturated rings. The fraction of sp³-hybridized carbons (Fsp3) is 0.933. The first-order chi connectivity index (χ1) is 9.47. The Morgan fingerprint density at radius 2 is 1.90 bits per heavy atom. The minimum absolute atomic E-state index is 0.0198. The summed E-state index contributed by atoms with van der Waals surface area (Å²) in [7, 11) is 0. The molecule has 1 amide bonds. The molecular weight excluding hydrogens is 281 g/mol. The van der Waals surface area contributed by atoms with Crippen LogP contribution in [-0.2, 0) is 4.79 Å². The molecule has 0 spiro atoms. The molecule has 3 nitrogen and oxygen atoms in total. The van der Waals surface area contributed by atoms with E-state index >= 15 is 0 Å². The van der Waals surface area contributed by atoms with Crippen molar-refractivity contribution in [3.05, 3.63) is 0 Å². The lowest BCUT2D eigenvalue weighted by Crippen LogP contribution is -2.54. The van der Waals surface area contributed by atoms with E-state index in [0.29, 0.717) is 12.8 Å². The van der Waals surface area contributed by atoms with Crippen LogP contribution in [0, 0.1) is 11.3 Å². The van der Waals surface area contributed by atoms with Gasteiger partial charge >= 0.3 is 6.18 Å². The Morgan fingerprint density at radius 1 is 1.29 bits per heavy atom. The molecule has 6 heteroatoms. The second-order valence-corrected chi connectivity index (χ2v) is 7.42. The van der Waals surface area contributed by atoms with Gasteiger partial charge in [0.25, 0.3) is 0 Å². The van der Waals surface area contributed by atoms with Gasteiger partial charge < -0.3 is 10.6 Å². The van der Waals surface area contributed by atoms with Crippen molar-refractivity contribution in [2.45, 2.75) is 71.6 Å². The summed E-state index contributed by atoms with van der Waals surface area (Å²) in [6.45, 7) is 8.60. The van der Waals surface area contributed by atoms with E-state index in [1.807, 2.05) is 6.92 Å². The topological polar surface area (TPSA) is 41.1 Å². The zero-order valence-electron chi connectivity index (χ0n) is 13.3. The lowest BCUT2D eigenvalue weighted by molar-refractivity contribution is -0.161. The molecule has 124 valence electrons. The monoisotopic (exact) mass is 308 g/mol. The first-order valence-electron chi connectivity index (χ1n) is 7.57. The predicted molar refractivity (Wildman–Crippen MR) is 76.9 cm³/mol. The summed E-state index contributed by atoms with van der Waals surface area (Å²) in [6, 6.07) is -1.64. The van der Waals surface area contributed by atoms with Crippen LogP contribution in [0.3, 0.4) is 0 Å². The molecule has 1 aliphatic rings. The predicted octanol–water partition coefficient (Wildman–Crippen LogP) is 3.25. The first-order valence-corrected chi connectivity index (χ1v) is 7.57. The number of hydrogen-bond donors (Lipinski definition) is 2. The van der Waals surface area contributed by atoms with Gasteiger partial charge in [-0.3, -0.25) is 4.79 Å². The molecule has 0 aromatic carbocycles. The maximum atomic E-state index is 12.5. The van der Waals surface area contributed by atoms with Crippen LogP contribution in [0.25, 0.3) is 0 Å². The normalized spacial score (nSPS) is 25.5. The Labute approximate surface area is 125 Å². The van der Waals surface area contributed by atoms with E-state index in [1.165, 1.54) is 0 Å². The largest absolute Gasteiger partial charge is 0.403 e. The summed E-state index contributed by atoms with van der Waals surface area (Å²) in [5.74, 6) is 0.202. The van der Waals surface area contributed by atoms with Crippen molar-refractivity contribution in [1.82, 2.24) is 10.6 Å². The molecule has 21 heavy (non-hydrogen) atoms. The zero-order chi connectivity index (χ0) is 16.3. The third-order valence-electron chi connectivity index (χ3n) is 3.67. The number of amides is 1. The Hall–Kier alpha value is -0.780. The minimum Gasteiger partial charge on any atom is -0.352 e. The molecule has 3 atom stereocenters. The molecule has 3 unspecified atom stereocenters. The molecule has 0 aromatic rings. The van der Waals surface area contributed by atoms with Crippen molar-refractivity contribution >= 4 is 5.91 Å². The molecule has 1 aliphatic heterocycles. The average molecular weight is 308 g/mol. The van der Waals surface area contributed by atoms with Crippen molar-refractivity contribution in [2.24, 2.45) is 11.3 Å². The summed E-state index contributed by atoms with van der Waals surface area (Å²) in [4.78, 5) is 11.9. The highest BCUT2D eigenvalue weighted by Gasteiger charge is 2.41. The summed E-state index contributed by atoms with van der Waals surface area (Å²) >= 11 is 0. The number of hydrogen-bond acceptors (Lipinski definition) is 2. The van der Waals surface area contributed by atoms with E-state index < -0.39 is 12.2 Å². The Kier molecular flexibility index (Phi) is 6.08. The average Bonchev–Trinajstić information content (AvgIpc) is 2.25. The van der Waals surface area contributed by atoms with E-state index in [9.17, 15) is 18.0 Å². The van der Waals surface area contributed by atoms with Gasteiger partial charge in [0.1, 0.15) is 6.04 Å². The highest BCUT2D eigenvalue weighted by Crippen LogP contribution is 2.27. The van der Waals surface area contributed by atoms with Crippen LogP contribution in [-0.4, -0.2) is 30.7 Å². The Bertz CT molecular complexity index is 342. The van der Waals surface area contributed by atoms with Crippen LogP contribution in [0.2, 0.25) is 0 Å². The molecule has 0 bridgehead atoms. The highest BCUT2D eigenvalue weighted by atomic mass is 19.4. The number of nitrogens with one attached hydrogen (secondary N) is 2. The number of alkyl halides is 3. The maximum absolute atomic E-state index is 12.5. The molecule has 1 rings (SSSR count). The molecule has 0 aromatic heterocycles. The fourth-order valence-corrected chi connectivity index (χ4v) is 2.98. The van der Waals surface area contributed by atoms with Gasteiger partial charge in [0, 0.05) is 19.0 Å². The highest BCUT2D eigenvalue weighted by molar-refractivity contribution is 5.76. The van der Waals surface area contributed by atoms with Gasteiger partial charge in [-0.15, -0.1) is 0 Å². The number of piperidine rings is 1. The van der Waals surface area contributed by atoms with Gasteiger partial charge in [-0.1, -0.05) is 27.7 Å². The van der Waals surface area contributed by atoms with Crippen LogP contribution in [0.5, 0.6) is 0 Å². The molecule has 1 saturated heterocycles. The van der Waals surface area contributed by atoms with E-state index in [1.54, 1.807) is 0 Å². The second-order valence-electron chi connectivity index (χ2n) is 7.42. The molecule has 0 saturated carbocycles. The minimum atomic E-state index is -4.20. The van der Waals surface area contributed by atoms with Gasteiger partial charge in [0.05, 0.1) is 0 Å². The standard InChI is InChI=1S/C15H27F3N2O/c1-10(8-14(2,3)4)7-13(21)20-11-5-6-12(19-9-11)15(16,17)18/h10-12,19H,5-9H2,1-4H3,(H,20,21). The van der Waals surface area contributed by atoms with Crippen molar-refractivity contribution < 1.29 is 18.0 Å². The molecule has 0 aliphatic carbocycles. The van der Waals surface area contributed by atoms with Gasteiger partial charge in [-0.25, -0.2) is 0 Å². The van der Waals surface area contributed by atoms with E-state index in [4.69, 9.17) is 0 Å². The van der Waals surface area contributed by atoms with E-state index in [0.717, 1.165) is 6.42 Å². The smallest absolute Gasteiger partial charge is 0.352 e. The molecule has 1 heterocycles. The third kappa shape index (κ3) is 7.16. The van der Waals surface area contributed by atoms with Crippen LogP contribution < -0.4 is 10.6 Å². The number of halogens is 3. The van der Waals surface area contributed by atoms with E-state index in [2.05, 4.69) is 31.4 Å². The van der Waals surface area contributed by atoms with E-state index in [-0.39, 0.29) is 36.2 Å². The number of carbonyl (C=O) groups excluding carboxylic acids is 1. The SMILES string of the molecule is CC(CC(=O)NC1CCC(C(F)(F)F)NC1)CC(C)(C)C. The van der Waals surface area contributed by atoms with Crippen molar-refractivity contribution in [2.75, 3.05) is 6.54 Å². The summed E-state index contributed by atoms with van der Waals surface area (Å²) in [5.41, 5.74) is 0.173. The second kappa shape index (κ2) is 6.99. The lowest BCUT2D eigenvalue weighted by atomic mass is 9.84. The lowest BCUT2D eigenvalue weighted by Gasteiger charge is -2.32. The summed E-state index contributed by atoms with van der Waals surface area (Å²) in [6.07, 6.45) is -2.44. The first kappa shape index (κ1) is 18.3. The van der Waals surface area contributed by atoms with Crippen molar-refractivity contribution in [3.8, 4) is 0 Å². The van der Waals surface area contributed by atoms with Crippen LogP contribution in [0.15, 0.2) is 0 Å². The molecule has 0 radical (unpaired) electrons. The van der Waals surface area contributed by atoms with Crippen LogP contribution >= 0.6 is 0 Å². The van der Waals surface area contributed by atoms with Crippen LogP contribution in [0.4, 0.5) is 13.2 Å². The van der Waals surface area contributed by atoms with Crippen molar-refractivity contribution in [3.63, 3.8) is 0 Å². The van der Waals surface area contributed by atoms with Crippen molar-refractivity contribution in [1.29, 1.82) is 0 Å². The Balaban J connectivity index is 2.31. The fourth-order valence-electron chi connectivity index (χ4n) is 2.98. The summed E-state index contributed by atoms with van der Waals surface area (Å²) in [5, 5.41) is 5.31. The zero-order valence-corrected chi connectivity index (χ0v) is 13.3. The van der Waals surface area contributed by atoms with Gasteiger partial charge in [-0.2, -0.15) is 13.2 Å². The maximum Gasteiger partial charge on any atom is 0.403 e. The quantitative estimate of drug-likeness (QED) is 0.837. The number of rotatable bonds is 4. The van der Waals surface area contributed by atoms with Crippen LogP contribution in [0.1, 0.15) is 53.4 Å².